The molecule has 5 N–H and O–H groups in total. The van der Waals surface area contributed by atoms with Crippen LogP contribution in [-0.2, 0) is 19.6 Å². The van der Waals surface area contributed by atoms with Gasteiger partial charge < -0.3 is 21.5 Å². The van der Waals surface area contributed by atoms with Crippen LogP contribution in [0.15, 0.2) is 35.2 Å². The van der Waals surface area contributed by atoms with E-state index in [1.165, 1.54) is 12.1 Å². The maximum absolute atomic E-state index is 12.7. The van der Waals surface area contributed by atoms with Gasteiger partial charge in [-0.25, -0.2) is 18.0 Å². The summed E-state index contributed by atoms with van der Waals surface area (Å²) < 4.78 is 26.5. The van der Waals surface area contributed by atoms with E-state index in [9.17, 15) is 22.8 Å². The molecule has 1 aromatic rings. The predicted molar refractivity (Wildman–Crippen MR) is 90.5 cm³/mol. The Hall–Kier alpha value is -2.66. The van der Waals surface area contributed by atoms with Gasteiger partial charge >= 0.3 is 12.0 Å². The Morgan fingerprint density at radius 3 is 2.50 bits per heavy atom. The molecule has 2 rings (SSSR count). The quantitative estimate of drug-likeness (QED) is 0.476. The molecule has 1 fully saturated rings. The fraction of sp³-hybridized carbons (Fsp3) is 0.400. The molecule has 0 radical (unpaired) electrons. The molecule has 10 nitrogen and oxygen atoms in total. The number of carbonyl (C=O) groups excluding carboxylic acids is 2. The number of nitrogens with one attached hydrogen (secondary N) is 2. The van der Waals surface area contributed by atoms with Crippen LogP contribution in [0.2, 0.25) is 0 Å². The molecule has 0 aromatic heterocycles. The summed E-state index contributed by atoms with van der Waals surface area (Å²) in [5, 5.41) is 13.5. The standard InChI is InChI=1S/C15H20N4O6S/c16-15(23)17-9-11(14(21)22)18-13(20)12-7-4-8-19(12)26(24,25)10-5-2-1-3-6-10/h1-3,5-6,11-12H,4,7-9H2,(H,18,20)(H,21,22)(H3,16,17,23)/t11-,12-/m0/s1. The third-order valence-electron chi connectivity index (χ3n) is 3.95. The number of sulfonamides is 1. The van der Waals surface area contributed by atoms with E-state index in [1.807, 2.05) is 0 Å². The van der Waals surface area contributed by atoms with Crippen molar-refractivity contribution in [2.75, 3.05) is 13.1 Å². The summed E-state index contributed by atoms with van der Waals surface area (Å²) in [5.74, 6) is -2.11. The van der Waals surface area contributed by atoms with Gasteiger partial charge in [-0.2, -0.15) is 4.31 Å². The maximum Gasteiger partial charge on any atom is 0.328 e. The first-order valence-corrected chi connectivity index (χ1v) is 9.31. The summed E-state index contributed by atoms with van der Waals surface area (Å²) in [7, 11) is -3.88. The average molecular weight is 384 g/mol. The Morgan fingerprint density at radius 2 is 1.92 bits per heavy atom. The van der Waals surface area contributed by atoms with E-state index < -0.39 is 46.6 Å². The van der Waals surface area contributed by atoms with Gasteiger partial charge in [-0.3, -0.25) is 4.79 Å². The van der Waals surface area contributed by atoms with Crippen LogP contribution in [0.1, 0.15) is 12.8 Å². The molecule has 1 aliphatic heterocycles. The molecule has 0 bridgehead atoms. The van der Waals surface area contributed by atoms with Crippen LogP contribution in [-0.4, -0.2) is 60.9 Å². The molecule has 1 heterocycles. The van der Waals surface area contributed by atoms with Crippen molar-refractivity contribution in [2.24, 2.45) is 5.73 Å². The van der Waals surface area contributed by atoms with E-state index in [0.717, 1.165) is 4.31 Å². The summed E-state index contributed by atoms with van der Waals surface area (Å²) in [6.45, 7) is -0.249. The van der Waals surface area contributed by atoms with Gasteiger partial charge in [0.05, 0.1) is 11.4 Å². The molecular weight excluding hydrogens is 364 g/mol. The number of urea groups is 1. The number of hydrogen-bond donors (Lipinski definition) is 4. The number of rotatable bonds is 7. The largest absolute Gasteiger partial charge is 0.480 e. The second kappa shape index (κ2) is 8.15. The Bertz CT molecular complexity index is 783. The smallest absolute Gasteiger partial charge is 0.328 e. The van der Waals surface area contributed by atoms with E-state index in [1.54, 1.807) is 18.2 Å². The van der Waals surface area contributed by atoms with Crippen LogP contribution in [0.4, 0.5) is 4.79 Å². The minimum Gasteiger partial charge on any atom is -0.480 e. The van der Waals surface area contributed by atoms with Crippen LogP contribution in [0.3, 0.4) is 0 Å². The first-order chi connectivity index (χ1) is 12.2. The molecule has 0 aliphatic carbocycles. The molecule has 0 unspecified atom stereocenters. The number of nitrogens with zero attached hydrogens (tertiary/aromatic N) is 1. The lowest BCUT2D eigenvalue weighted by Crippen LogP contribution is -2.54. The zero-order chi connectivity index (χ0) is 19.3. The van der Waals surface area contributed by atoms with Crippen molar-refractivity contribution in [3.8, 4) is 0 Å². The predicted octanol–water partition coefficient (Wildman–Crippen LogP) is -0.923. The summed E-state index contributed by atoms with van der Waals surface area (Å²) in [6.07, 6.45) is 0.745. The number of benzene rings is 1. The Kier molecular flexibility index (Phi) is 6.16. The van der Waals surface area contributed by atoms with Gasteiger partial charge in [-0.1, -0.05) is 18.2 Å². The Morgan fingerprint density at radius 1 is 1.27 bits per heavy atom. The lowest BCUT2D eigenvalue weighted by Gasteiger charge is -2.25. The summed E-state index contributed by atoms with van der Waals surface area (Å²) in [6, 6.07) is 4.32. The minimum absolute atomic E-state index is 0.0601. The zero-order valence-corrected chi connectivity index (χ0v) is 14.6. The van der Waals surface area contributed by atoms with Crippen molar-refractivity contribution in [3.63, 3.8) is 0 Å². The van der Waals surface area contributed by atoms with Crippen molar-refractivity contribution >= 4 is 27.9 Å². The van der Waals surface area contributed by atoms with Gasteiger partial charge in [0.2, 0.25) is 15.9 Å². The maximum atomic E-state index is 12.7. The fourth-order valence-corrected chi connectivity index (χ4v) is 4.37. The van der Waals surface area contributed by atoms with Gasteiger partial charge in [0.1, 0.15) is 12.1 Å². The van der Waals surface area contributed by atoms with Crippen LogP contribution in [0.25, 0.3) is 0 Å². The van der Waals surface area contributed by atoms with E-state index in [-0.39, 0.29) is 17.9 Å². The van der Waals surface area contributed by atoms with Gasteiger partial charge in [0.15, 0.2) is 0 Å². The molecule has 11 heteroatoms. The average Bonchev–Trinajstić information content (AvgIpc) is 3.09. The van der Waals surface area contributed by atoms with Crippen LogP contribution < -0.4 is 16.4 Å². The second-order valence-electron chi connectivity index (χ2n) is 5.73. The number of carbonyl (C=O) groups is 3. The first-order valence-electron chi connectivity index (χ1n) is 7.87. The number of carboxylic acid groups (broad SMARTS) is 1. The van der Waals surface area contributed by atoms with E-state index in [0.29, 0.717) is 6.42 Å². The van der Waals surface area contributed by atoms with E-state index >= 15 is 0 Å². The lowest BCUT2D eigenvalue weighted by molar-refractivity contribution is -0.142. The summed E-state index contributed by atoms with van der Waals surface area (Å²) >= 11 is 0. The summed E-state index contributed by atoms with van der Waals surface area (Å²) in [4.78, 5) is 34.5. The molecular formula is C15H20N4O6S. The van der Waals surface area contributed by atoms with Gasteiger partial charge in [-0.15, -0.1) is 0 Å². The third kappa shape index (κ3) is 4.49. The number of hydrogen-bond acceptors (Lipinski definition) is 5. The van der Waals surface area contributed by atoms with Crippen molar-refractivity contribution < 1.29 is 27.9 Å². The molecule has 1 aliphatic rings. The highest BCUT2D eigenvalue weighted by Gasteiger charge is 2.40. The molecule has 1 aromatic carbocycles. The monoisotopic (exact) mass is 384 g/mol. The number of nitrogens with two attached hydrogens (primary N) is 1. The van der Waals surface area contributed by atoms with Gasteiger partial charge in [-0.05, 0) is 25.0 Å². The van der Waals surface area contributed by atoms with Gasteiger partial charge in [0, 0.05) is 6.54 Å². The molecule has 2 atom stereocenters. The van der Waals surface area contributed by atoms with Crippen LogP contribution in [0.5, 0.6) is 0 Å². The van der Waals surface area contributed by atoms with Crippen molar-refractivity contribution in [1.29, 1.82) is 0 Å². The molecule has 0 saturated carbocycles. The SMILES string of the molecule is NC(=O)NC[C@H](NC(=O)[C@@H]1CCCN1S(=O)(=O)c1ccccc1)C(=O)O. The van der Waals surface area contributed by atoms with Crippen molar-refractivity contribution in [3.05, 3.63) is 30.3 Å². The molecule has 142 valence electrons. The molecule has 0 spiro atoms. The number of carboxylic acids is 1. The van der Waals surface area contributed by atoms with Crippen LogP contribution in [0, 0.1) is 0 Å². The Labute approximate surface area is 150 Å². The topological polar surface area (TPSA) is 159 Å². The van der Waals surface area contributed by atoms with E-state index in [4.69, 9.17) is 10.8 Å². The molecule has 3 amide bonds. The number of primary amides is 1. The van der Waals surface area contributed by atoms with Gasteiger partial charge in [0.25, 0.3) is 0 Å². The fourth-order valence-electron chi connectivity index (χ4n) is 2.69. The lowest BCUT2D eigenvalue weighted by atomic mass is 10.2. The second-order valence-corrected chi connectivity index (χ2v) is 7.62. The number of amides is 3. The van der Waals surface area contributed by atoms with Crippen LogP contribution >= 0.6 is 0 Å². The molecule has 26 heavy (non-hydrogen) atoms. The zero-order valence-electron chi connectivity index (χ0n) is 13.8. The Balaban J connectivity index is 2.14. The van der Waals surface area contributed by atoms with E-state index in [2.05, 4.69) is 10.6 Å². The highest BCUT2D eigenvalue weighted by Crippen LogP contribution is 2.26. The van der Waals surface area contributed by atoms with Crippen molar-refractivity contribution in [2.45, 2.75) is 29.8 Å². The first kappa shape index (κ1) is 19.7. The highest BCUT2D eigenvalue weighted by molar-refractivity contribution is 7.89. The normalized spacial score (nSPS) is 18.8. The summed E-state index contributed by atoms with van der Waals surface area (Å²) in [5.41, 5.74) is 4.89. The van der Waals surface area contributed by atoms with Crippen molar-refractivity contribution in [1.82, 2.24) is 14.9 Å². The minimum atomic E-state index is -3.88. The number of aliphatic carboxylic acids is 1. The third-order valence-corrected chi connectivity index (χ3v) is 5.87. The molecule has 1 saturated heterocycles. The highest BCUT2D eigenvalue weighted by atomic mass is 32.2.